The lowest BCUT2D eigenvalue weighted by molar-refractivity contribution is 0.169. The Morgan fingerprint density at radius 2 is 1.95 bits per heavy atom. The van der Waals surface area contributed by atoms with Gasteiger partial charge in [0, 0.05) is 37.8 Å². The molecule has 5 nitrogen and oxygen atoms in total. The number of piperazine rings is 1. The largest absolute Gasteiger partial charge is 0.370 e. The highest BCUT2D eigenvalue weighted by Crippen LogP contribution is 2.24. The second-order valence-electron chi connectivity index (χ2n) is 5.79. The Labute approximate surface area is 132 Å². The Morgan fingerprint density at radius 3 is 2.52 bits per heavy atom. The first kappa shape index (κ1) is 16.4. The van der Waals surface area contributed by atoms with E-state index in [1.807, 2.05) is 6.26 Å². The fourth-order valence-corrected chi connectivity index (χ4v) is 2.98. The molecular weight excluding hydrogens is 282 g/mol. The SMILES string of the molecule is CCCNc1cc(N2CC(C)N(C)C(C)C2)nc(SC)n1. The lowest BCUT2D eigenvalue weighted by Gasteiger charge is -2.43. The molecule has 21 heavy (non-hydrogen) atoms. The van der Waals surface area contributed by atoms with Gasteiger partial charge in [0.25, 0.3) is 0 Å². The summed E-state index contributed by atoms with van der Waals surface area (Å²) in [6.45, 7) is 9.68. The van der Waals surface area contributed by atoms with Gasteiger partial charge in [-0.15, -0.1) is 0 Å². The molecule has 1 saturated heterocycles. The fraction of sp³-hybridized carbons (Fsp3) is 0.733. The summed E-state index contributed by atoms with van der Waals surface area (Å²) in [6, 6.07) is 3.15. The summed E-state index contributed by atoms with van der Waals surface area (Å²) in [5.74, 6) is 1.98. The van der Waals surface area contributed by atoms with Crippen LogP contribution in [0.25, 0.3) is 0 Å². The molecule has 118 valence electrons. The minimum atomic E-state index is 0.536. The van der Waals surface area contributed by atoms with E-state index in [4.69, 9.17) is 4.98 Å². The molecule has 0 radical (unpaired) electrons. The highest BCUT2D eigenvalue weighted by molar-refractivity contribution is 7.98. The number of aromatic nitrogens is 2. The van der Waals surface area contributed by atoms with Gasteiger partial charge >= 0.3 is 0 Å². The van der Waals surface area contributed by atoms with Gasteiger partial charge in [0.15, 0.2) is 5.16 Å². The average Bonchev–Trinajstić information content (AvgIpc) is 2.49. The molecule has 6 heteroatoms. The summed E-state index contributed by atoms with van der Waals surface area (Å²) in [4.78, 5) is 14.1. The first-order valence-corrected chi connectivity index (χ1v) is 8.91. The standard InChI is InChI=1S/C15H27N5S/c1-6-7-16-13-8-14(18-15(17-13)21-5)20-9-11(2)19(4)12(3)10-20/h8,11-12H,6-7,9-10H2,1-5H3,(H,16,17,18). The maximum Gasteiger partial charge on any atom is 0.191 e. The van der Waals surface area contributed by atoms with Gasteiger partial charge in [-0.2, -0.15) is 0 Å². The molecule has 0 spiro atoms. The zero-order valence-electron chi connectivity index (χ0n) is 13.8. The van der Waals surface area contributed by atoms with Crippen LogP contribution in [0.5, 0.6) is 0 Å². The normalized spacial score (nSPS) is 23.4. The molecule has 0 saturated carbocycles. The first-order valence-electron chi connectivity index (χ1n) is 7.69. The minimum absolute atomic E-state index is 0.536. The summed E-state index contributed by atoms with van der Waals surface area (Å²) >= 11 is 1.60. The van der Waals surface area contributed by atoms with Crippen LogP contribution >= 0.6 is 11.8 Å². The molecule has 1 N–H and O–H groups in total. The number of rotatable bonds is 5. The van der Waals surface area contributed by atoms with Gasteiger partial charge < -0.3 is 10.2 Å². The van der Waals surface area contributed by atoms with E-state index in [0.717, 1.165) is 42.8 Å². The Hall–Kier alpha value is -1.01. The summed E-state index contributed by atoms with van der Waals surface area (Å²) in [5.41, 5.74) is 0. The Balaban J connectivity index is 2.21. The monoisotopic (exact) mass is 309 g/mol. The fourth-order valence-electron chi connectivity index (χ4n) is 2.60. The van der Waals surface area contributed by atoms with Crippen molar-refractivity contribution in [1.29, 1.82) is 0 Å². The van der Waals surface area contributed by atoms with Crippen LogP contribution in [0, 0.1) is 0 Å². The van der Waals surface area contributed by atoms with Gasteiger partial charge in [0.05, 0.1) is 0 Å². The second kappa shape index (κ2) is 7.31. The van der Waals surface area contributed by atoms with Crippen LogP contribution in [0.3, 0.4) is 0 Å². The number of hydrogen-bond donors (Lipinski definition) is 1. The Bertz CT molecular complexity index is 455. The van der Waals surface area contributed by atoms with Crippen molar-refractivity contribution in [2.24, 2.45) is 0 Å². The van der Waals surface area contributed by atoms with Crippen molar-refractivity contribution in [3.8, 4) is 0 Å². The van der Waals surface area contributed by atoms with E-state index < -0.39 is 0 Å². The number of nitrogens with one attached hydrogen (secondary N) is 1. The van der Waals surface area contributed by atoms with Crippen LogP contribution < -0.4 is 10.2 Å². The maximum absolute atomic E-state index is 4.70. The molecule has 1 fully saturated rings. The number of hydrogen-bond acceptors (Lipinski definition) is 6. The smallest absolute Gasteiger partial charge is 0.191 e. The average molecular weight is 309 g/mol. The third-order valence-electron chi connectivity index (χ3n) is 4.11. The molecule has 1 aliphatic heterocycles. The molecule has 2 heterocycles. The van der Waals surface area contributed by atoms with Crippen molar-refractivity contribution in [3.05, 3.63) is 6.07 Å². The van der Waals surface area contributed by atoms with Gasteiger partial charge in [-0.05, 0) is 33.6 Å². The minimum Gasteiger partial charge on any atom is -0.370 e. The van der Waals surface area contributed by atoms with Crippen molar-refractivity contribution in [1.82, 2.24) is 14.9 Å². The molecular formula is C15H27N5S. The van der Waals surface area contributed by atoms with Crippen molar-refractivity contribution < 1.29 is 0 Å². The van der Waals surface area contributed by atoms with Crippen LogP contribution in [-0.2, 0) is 0 Å². The van der Waals surface area contributed by atoms with Crippen LogP contribution in [0.1, 0.15) is 27.2 Å². The molecule has 0 amide bonds. The van der Waals surface area contributed by atoms with Crippen molar-refractivity contribution in [2.75, 3.05) is 43.2 Å². The molecule has 1 aliphatic rings. The predicted molar refractivity (Wildman–Crippen MR) is 91.5 cm³/mol. The number of nitrogens with zero attached hydrogens (tertiary/aromatic N) is 4. The zero-order chi connectivity index (χ0) is 15.4. The molecule has 2 unspecified atom stereocenters. The molecule has 0 bridgehead atoms. The zero-order valence-corrected chi connectivity index (χ0v) is 14.6. The molecule has 2 atom stereocenters. The summed E-state index contributed by atoms with van der Waals surface area (Å²) in [7, 11) is 2.20. The van der Waals surface area contributed by atoms with E-state index in [1.165, 1.54) is 0 Å². The molecule has 0 aromatic carbocycles. The quantitative estimate of drug-likeness (QED) is 0.666. The van der Waals surface area contributed by atoms with Gasteiger partial charge in [0.1, 0.15) is 11.6 Å². The predicted octanol–water partition coefficient (Wildman–Crippen LogP) is 2.55. The van der Waals surface area contributed by atoms with Crippen LogP contribution in [0.2, 0.25) is 0 Å². The first-order chi connectivity index (χ1) is 10.0. The van der Waals surface area contributed by atoms with Gasteiger partial charge in [-0.1, -0.05) is 18.7 Å². The third kappa shape index (κ3) is 4.01. The highest BCUT2D eigenvalue weighted by Gasteiger charge is 2.27. The Kier molecular flexibility index (Phi) is 5.70. The van der Waals surface area contributed by atoms with E-state index in [-0.39, 0.29) is 0 Å². The summed E-state index contributed by atoms with van der Waals surface area (Å²) < 4.78 is 0. The van der Waals surface area contributed by atoms with E-state index in [9.17, 15) is 0 Å². The number of likely N-dealkylation sites (N-methyl/N-ethyl adjacent to an activating group) is 1. The molecule has 0 aliphatic carbocycles. The van der Waals surface area contributed by atoms with E-state index >= 15 is 0 Å². The van der Waals surface area contributed by atoms with E-state index in [2.05, 4.69) is 54.0 Å². The van der Waals surface area contributed by atoms with Gasteiger partial charge in [-0.3, -0.25) is 4.90 Å². The highest BCUT2D eigenvalue weighted by atomic mass is 32.2. The lowest BCUT2D eigenvalue weighted by atomic mass is 10.1. The number of anilines is 2. The van der Waals surface area contributed by atoms with Crippen LogP contribution in [-0.4, -0.2) is 59.9 Å². The van der Waals surface area contributed by atoms with Crippen molar-refractivity contribution in [2.45, 2.75) is 44.4 Å². The van der Waals surface area contributed by atoms with Gasteiger partial charge in [-0.25, -0.2) is 9.97 Å². The number of thioether (sulfide) groups is 1. The molecule has 2 rings (SSSR count). The second-order valence-corrected chi connectivity index (χ2v) is 6.57. The summed E-state index contributed by atoms with van der Waals surface area (Å²) in [6.07, 6.45) is 3.12. The maximum atomic E-state index is 4.70. The van der Waals surface area contributed by atoms with Crippen molar-refractivity contribution in [3.63, 3.8) is 0 Å². The van der Waals surface area contributed by atoms with E-state index in [0.29, 0.717) is 12.1 Å². The Morgan fingerprint density at radius 1 is 1.29 bits per heavy atom. The van der Waals surface area contributed by atoms with E-state index in [1.54, 1.807) is 11.8 Å². The molecule has 1 aromatic rings. The van der Waals surface area contributed by atoms with Gasteiger partial charge in [0.2, 0.25) is 0 Å². The molecule has 1 aromatic heterocycles. The third-order valence-corrected chi connectivity index (χ3v) is 4.66. The topological polar surface area (TPSA) is 44.3 Å². The van der Waals surface area contributed by atoms with Crippen LogP contribution in [0.4, 0.5) is 11.6 Å². The summed E-state index contributed by atoms with van der Waals surface area (Å²) in [5, 5.41) is 4.22. The van der Waals surface area contributed by atoms with Crippen LogP contribution in [0.15, 0.2) is 11.2 Å². The lowest BCUT2D eigenvalue weighted by Crippen LogP contribution is -2.55. The van der Waals surface area contributed by atoms with Crippen molar-refractivity contribution >= 4 is 23.4 Å².